The summed E-state index contributed by atoms with van der Waals surface area (Å²) in [5.41, 5.74) is 1.05. The number of Topliss-reactive ketones (excluding diaryl/α,β-unsaturated/α-hetero) is 2. The molecule has 3 aromatic rings. The van der Waals surface area contributed by atoms with Crippen LogP contribution in [-0.4, -0.2) is 16.6 Å². The molecule has 0 fully saturated rings. The number of benzene rings is 2. The van der Waals surface area contributed by atoms with Gasteiger partial charge in [0.25, 0.3) is 0 Å². The summed E-state index contributed by atoms with van der Waals surface area (Å²) in [6, 6.07) is 16.6. The van der Waals surface area contributed by atoms with Gasteiger partial charge in [-0.3, -0.25) is 14.6 Å². The van der Waals surface area contributed by atoms with Gasteiger partial charge in [-0.25, -0.2) is 0 Å². The molecule has 0 radical (unpaired) electrons. The van der Waals surface area contributed by atoms with Gasteiger partial charge in [0.1, 0.15) is 0 Å². The number of aromatic nitrogens is 1. The Balaban J connectivity index is 1.90. The second-order valence-corrected chi connectivity index (χ2v) is 4.79. The van der Waals surface area contributed by atoms with Gasteiger partial charge in [0, 0.05) is 23.5 Å². The quantitative estimate of drug-likeness (QED) is 0.539. The standard InChI is InChI=1S/C18H13NO2/c20-17(14-7-4-10-19-12-14)11-18(21)16-9-3-6-13-5-1-2-8-15(13)16/h1-10,12H,11H2. The van der Waals surface area contributed by atoms with E-state index in [0.29, 0.717) is 11.1 Å². The number of ketones is 2. The number of pyridine rings is 1. The molecular weight excluding hydrogens is 262 g/mol. The van der Waals surface area contributed by atoms with E-state index in [2.05, 4.69) is 4.98 Å². The third kappa shape index (κ3) is 2.72. The van der Waals surface area contributed by atoms with Crippen LogP contribution >= 0.6 is 0 Å². The second-order valence-electron chi connectivity index (χ2n) is 4.79. The molecule has 0 bridgehead atoms. The van der Waals surface area contributed by atoms with Gasteiger partial charge in [-0.05, 0) is 22.9 Å². The topological polar surface area (TPSA) is 47.0 Å². The van der Waals surface area contributed by atoms with Crippen LogP contribution in [0.4, 0.5) is 0 Å². The van der Waals surface area contributed by atoms with Crippen molar-refractivity contribution in [1.82, 2.24) is 4.98 Å². The van der Waals surface area contributed by atoms with Crippen molar-refractivity contribution in [3.8, 4) is 0 Å². The number of hydrogen-bond acceptors (Lipinski definition) is 3. The molecule has 3 heteroatoms. The monoisotopic (exact) mass is 275 g/mol. The lowest BCUT2D eigenvalue weighted by Crippen LogP contribution is -2.09. The SMILES string of the molecule is O=C(CC(=O)c1cccc2ccccc12)c1cccnc1. The third-order valence-electron chi connectivity index (χ3n) is 3.39. The predicted molar refractivity (Wildman–Crippen MR) is 81.5 cm³/mol. The van der Waals surface area contributed by atoms with Gasteiger partial charge in [-0.1, -0.05) is 42.5 Å². The van der Waals surface area contributed by atoms with Crippen LogP contribution in [0.25, 0.3) is 10.8 Å². The molecule has 0 aliphatic carbocycles. The van der Waals surface area contributed by atoms with Crippen LogP contribution in [0.5, 0.6) is 0 Å². The minimum atomic E-state index is -0.207. The van der Waals surface area contributed by atoms with Crippen molar-refractivity contribution < 1.29 is 9.59 Å². The van der Waals surface area contributed by atoms with Crippen LogP contribution in [0, 0.1) is 0 Å². The molecule has 1 heterocycles. The number of carbonyl (C=O) groups is 2. The van der Waals surface area contributed by atoms with E-state index in [4.69, 9.17) is 0 Å². The largest absolute Gasteiger partial charge is 0.294 e. The normalized spacial score (nSPS) is 10.5. The highest BCUT2D eigenvalue weighted by Gasteiger charge is 2.15. The lowest BCUT2D eigenvalue weighted by Gasteiger charge is -2.05. The fraction of sp³-hybridized carbons (Fsp3) is 0.0556. The van der Waals surface area contributed by atoms with E-state index < -0.39 is 0 Å². The molecule has 3 rings (SSSR count). The smallest absolute Gasteiger partial charge is 0.172 e. The van der Waals surface area contributed by atoms with E-state index in [-0.39, 0.29) is 18.0 Å². The number of hydrogen-bond donors (Lipinski definition) is 0. The summed E-state index contributed by atoms with van der Waals surface area (Å²) >= 11 is 0. The predicted octanol–water partition coefficient (Wildman–Crippen LogP) is 3.69. The summed E-state index contributed by atoms with van der Waals surface area (Å²) in [6.45, 7) is 0. The van der Waals surface area contributed by atoms with Crippen molar-refractivity contribution in [3.63, 3.8) is 0 Å². The Morgan fingerprint density at radius 3 is 2.48 bits per heavy atom. The Morgan fingerprint density at radius 2 is 1.67 bits per heavy atom. The average molecular weight is 275 g/mol. The molecule has 102 valence electrons. The second kappa shape index (κ2) is 5.67. The summed E-state index contributed by atoms with van der Waals surface area (Å²) in [7, 11) is 0. The molecule has 21 heavy (non-hydrogen) atoms. The highest BCUT2D eigenvalue weighted by molar-refractivity contribution is 6.17. The molecule has 0 saturated carbocycles. The van der Waals surface area contributed by atoms with E-state index in [1.165, 1.54) is 6.20 Å². The van der Waals surface area contributed by atoms with Gasteiger partial charge in [0.2, 0.25) is 0 Å². The van der Waals surface area contributed by atoms with Crippen molar-refractivity contribution in [1.29, 1.82) is 0 Å². The van der Waals surface area contributed by atoms with Crippen molar-refractivity contribution in [2.24, 2.45) is 0 Å². The minimum absolute atomic E-state index is 0.139. The highest BCUT2D eigenvalue weighted by Crippen LogP contribution is 2.20. The minimum Gasteiger partial charge on any atom is -0.294 e. The first kappa shape index (κ1) is 13.2. The van der Waals surface area contributed by atoms with Gasteiger partial charge in [-0.15, -0.1) is 0 Å². The molecule has 0 saturated heterocycles. The van der Waals surface area contributed by atoms with Gasteiger partial charge >= 0.3 is 0 Å². The molecule has 0 atom stereocenters. The number of carbonyl (C=O) groups excluding carboxylic acids is 2. The maximum Gasteiger partial charge on any atom is 0.172 e. The molecule has 2 aromatic carbocycles. The van der Waals surface area contributed by atoms with Crippen LogP contribution in [0.2, 0.25) is 0 Å². The third-order valence-corrected chi connectivity index (χ3v) is 3.39. The van der Waals surface area contributed by atoms with E-state index in [1.807, 2.05) is 36.4 Å². The van der Waals surface area contributed by atoms with Crippen LogP contribution < -0.4 is 0 Å². The highest BCUT2D eigenvalue weighted by atomic mass is 16.1. The molecule has 3 nitrogen and oxygen atoms in total. The molecule has 0 aliphatic heterocycles. The fourth-order valence-electron chi connectivity index (χ4n) is 2.34. The molecule has 0 amide bonds. The van der Waals surface area contributed by atoms with Crippen molar-refractivity contribution in [2.45, 2.75) is 6.42 Å². The molecule has 0 aliphatic rings. The Hall–Kier alpha value is -2.81. The molecule has 0 unspecified atom stereocenters. The number of rotatable bonds is 4. The average Bonchev–Trinajstić information content (AvgIpc) is 2.55. The molecular formula is C18H13NO2. The maximum atomic E-state index is 12.4. The molecule has 1 aromatic heterocycles. The van der Waals surface area contributed by atoms with E-state index in [1.54, 1.807) is 24.4 Å². The number of fused-ring (bicyclic) bond motifs is 1. The van der Waals surface area contributed by atoms with Crippen molar-refractivity contribution in [3.05, 3.63) is 78.1 Å². The summed E-state index contributed by atoms with van der Waals surface area (Å²) < 4.78 is 0. The van der Waals surface area contributed by atoms with Crippen LogP contribution in [0.1, 0.15) is 27.1 Å². The van der Waals surface area contributed by atoms with Gasteiger partial charge in [-0.2, -0.15) is 0 Å². The summed E-state index contributed by atoms with van der Waals surface area (Å²) in [6.07, 6.45) is 2.95. The molecule has 0 spiro atoms. The first-order valence-electron chi connectivity index (χ1n) is 6.70. The van der Waals surface area contributed by atoms with Gasteiger partial charge in [0.15, 0.2) is 11.6 Å². The lowest BCUT2D eigenvalue weighted by atomic mass is 9.97. The van der Waals surface area contributed by atoms with Crippen molar-refractivity contribution in [2.75, 3.05) is 0 Å². The van der Waals surface area contributed by atoms with Crippen LogP contribution in [0.15, 0.2) is 67.0 Å². The summed E-state index contributed by atoms with van der Waals surface area (Å²) in [5.74, 6) is -0.373. The fourth-order valence-corrected chi connectivity index (χ4v) is 2.34. The van der Waals surface area contributed by atoms with E-state index in [9.17, 15) is 9.59 Å². The zero-order valence-corrected chi connectivity index (χ0v) is 11.3. The first-order valence-corrected chi connectivity index (χ1v) is 6.70. The van der Waals surface area contributed by atoms with Crippen LogP contribution in [-0.2, 0) is 0 Å². The van der Waals surface area contributed by atoms with Gasteiger partial charge < -0.3 is 0 Å². The summed E-state index contributed by atoms with van der Waals surface area (Å²) in [4.78, 5) is 28.4. The van der Waals surface area contributed by atoms with Crippen LogP contribution in [0.3, 0.4) is 0 Å². The van der Waals surface area contributed by atoms with E-state index in [0.717, 1.165) is 10.8 Å². The summed E-state index contributed by atoms with van der Waals surface area (Å²) in [5, 5.41) is 1.88. The Bertz CT molecular complexity index is 804. The molecule has 0 N–H and O–H groups in total. The Labute approximate surface area is 122 Å². The van der Waals surface area contributed by atoms with E-state index >= 15 is 0 Å². The van der Waals surface area contributed by atoms with Crippen molar-refractivity contribution >= 4 is 22.3 Å². The van der Waals surface area contributed by atoms with Gasteiger partial charge in [0.05, 0.1) is 6.42 Å². The first-order chi connectivity index (χ1) is 10.3. The zero-order valence-electron chi connectivity index (χ0n) is 11.3. The Morgan fingerprint density at radius 1 is 0.857 bits per heavy atom. The number of nitrogens with zero attached hydrogens (tertiary/aromatic N) is 1. The Kier molecular flexibility index (Phi) is 3.56. The zero-order chi connectivity index (χ0) is 14.7. The maximum absolute atomic E-state index is 12.4. The lowest BCUT2D eigenvalue weighted by molar-refractivity contribution is 0.0895.